The zero-order chi connectivity index (χ0) is 10.1. The van der Waals surface area contributed by atoms with Gasteiger partial charge in [0.15, 0.2) is 5.78 Å². The number of hydrogen-bond donors (Lipinski definition) is 0. The lowest BCUT2D eigenvalue weighted by atomic mass is 10.1. The van der Waals surface area contributed by atoms with E-state index in [0.717, 1.165) is 6.42 Å². The Balaban J connectivity index is 2.30. The fraction of sp³-hybridized carbons (Fsp3) is 0.417. The van der Waals surface area contributed by atoms with Gasteiger partial charge in [-0.15, -0.1) is 0 Å². The highest BCUT2D eigenvalue weighted by Crippen LogP contribution is 2.30. The first kappa shape index (κ1) is 9.25. The second-order valence-corrected chi connectivity index (χ2v) is 3.78. The fourth-order valence-electron chi connectivity index (χ4n) is 2.11. The van der Waals surface area contributed by atoms with E-state index in [2.05, 4.69) is 17.0 Å². The smallest absolute Gasteiger partial charge is 0.155 e. The predicted molar refractivity (Wildman–Crippen MR) is 57.6 cm³/mol. The average Bonchev–Trinajstić information content (AvgIpc) is 2.56. The Kier molecular flexibility index (Phi) is 2.28. The number of carbonyl (C=O) groups excluding carboxylic acids is 1. The number of rotatable bonds is 2. The molecule has 0 amide bonds. The summed E-state index contributed by atoms with van der Waals surface area (Å²) < 4.78 is 0. The first-order valence-corrected chi connectivity index (χ1v) is 5.07. The van der Waals surface area contributed by atoms with Crippen molar-refractivity contribution in [3.05, 3.63) is 29.8 Å². The highest BCUT2D eigenvalue weighted by Gasteiger charge is 2.30. The Labute approximate surface area is 84.5 Å². The van der Waals surface area contributed by atoms with Crippen molar-refractivity contribution in [3.8, 4) is 0 Å². The van der Waals surface area contributed by atoms with Crippen LogP contribution in [-0.2, 0) is 11.2 Å². The lowest BCUT2D eigenvalue weighted by Gasteiger charge is -2.20. The summed E-state index contributed by atoms with van der Waals surface area (Å²) in [5, 5.41) is 0. The van der Waals surface area contributed by atoms with Gasteiger partial charge >= 0.3 is 0 Å². The molecule has 1 aliphatic heterocycles. The molecule has 2 rings (SSSR count). The molecule has 1 aromatic carbocycles. The monoisotopic (exact) mass is 189 g/mol. The van der Waals surface area contributed by atoms with Gasteiger partial charge in [0.2, 0.25) is 0 Å². The van der Waals surface area contributed by atoms with Gasteiger partial charge in [0.1, 0.15) is 0 Å². The molecule has 2 heteroatoms. The Hall–Kier alpha value is -1.31. The van der Waals surface area contributed by atoms with E-state index in [-0.39, 0.29) is 6.04 Å². The standard InChI is InChI=1S/C12H15NO/c1-3-12(14)11-8-9-6-4-5-7-10(9)13(11)2/h4-7,11H,3,8H2,1-2H3. The number of Topliss-reactive ketones (excluding diaryl/α,β-unsaturated/α-hetero) is 1. The van der Waals surface area contributed by atoms with Crippen LogP contribution in [-0.4, -0.2) is 18.9 Å². The molecule has 1 unspecified atom stereocenters. The highest BCUT2D eigenvalue weighted by molar-refractivity contribution is 5.89. The minimum Gasteiger partial charge on any atom is -0.364 e. The maximum absolute atomic E-state index is 11.7. The molecule has 0 saturated heterocycles. The molecule has 0 fully saturated rings. The number of anilines is 1. The van der Waals surface area contributed by atoms with Gasteiger partial charge in [-0.2, -0.15) is 0 Å². The van der Waals surface area contributed by atoms with Crippen LogP contribution in [0.25, 0.3) is 0 Å². The fourth-order valence-corrected chi connectivity index (χ4v) is 2.11. The van der Waals surface area contributed by atoms with Crippen LogP contribution < -0.4 is 4.90 Å². The first-order chi connectivity index (χ1) is 6.74. The molecule has 0 aromatic heterocycles. The van der Waals surface area contributed by atoms with Crippen LogP contribution in [0, 0.1) is 0 Å². The van der Waals surface area contributed by atoms with Crippen LogP contribution in [0.2, 0.25) is 0 Å². The third kappa shape index (κ3) is 1.31. The second kappa shape index (κ2) is 3.45. The van der Waals surface area contributed by atoms with E-state index in [1.54, 1.807) is 0 Å². The third-order valence-electron chi connectivity index (χ3n) is 2.97. The third-order valence-corrected chi connectivity index (χ3v) is 2.97. The largest absolute Gasteiger partial charge is 0.364 e. The van der Waals surface area contributed by atoms with Gasteiger partial charge in [-0.1, -0.05) is 25.1 Å². The molecule has 74 valence electrons. The van der Waals surface area contributed by atoms with Crippen LogP contribution in [0.3, 0.4) is 0 Å². The second-order valence-electron chi connectivity index (χ2n) is 3.78. The molecule has 1 heterocycles. The predicted octanol–water partition coefficient (Wildman–Crippen LogP) is 2.03. The zero-order valence-electron chi connectivity index (χ0n) is 8.66. The molecule has 0 aliphatic carbocycles. The lowest BCUT2D eigenvalue weighted by Crippen LogP contribution is -2.35. The summed E-state index contributed by atoms with van der Waals surface area (Å²) in [5.41, 5.74) is 2.50. The number of para-hydroxylation sites is 1. The Morgan fingerprint density at radius 3 is 2.86 bits per heavy atom. The summed E-state index contributed by atoms with van der Waals surface area (Å²) in [6.45, 7) is 1.93. The number of hydrogen-bond acceptors (Lipinski definition) is 2. The molecule has 0 radical (unpaired) electrons. The average molecular weight is 189 g/mol. The number of carbonyl (C=O) groups is 1. The number of fused-ring (bicyclic) bond motifs is 1. The molecule has 1 aromatic rings. The topological polar surface area (TPSA) is 20.3 Å². The molecular formula is C12H15NO. The summed E-state index contributed by atoms with van der Waals surface area (Å²) in [5.74, 6) is 0.337. The van der Waals surface area contributed by atoms with Crippen molar-refractivity contribution >= 4 is 11.5 Å². The molecule has 0 bridgehead atoms. The Morgan fingerprint density at radius 1 is 1.50 bits per heavy atom. The van der Waals surface area contributed by atoms with Crippen LogP contribution in [0.4, 0.5) is 5.69 Å². The molecule has 2 nitrogen and oxygen atoms in total. The molecule has 14 heavy (non-hydrogen) atoms. The van der Waals surface area contributed by atoms with E-state index in [4.69, 9.17) is 0 Å². The zero-order valence-corrected chi connectivity index (χ0v) is 8.66. The molecule has 1 atom stereocenters. The normalized spacial score (nSPS) is 19.6. The van der Waals surface area contributed by atoms with E-state index >= 15 is 0 Å². The van der Waals surface area contributed by atoms with Gasteiger partial charge < -0.3 is 4.90 Å². The minimum atomic E-state index is 0.0670. The minimum absolute atomic E-state index is 0.0670. The number of benzene rings is 1. The van der Waals surface area contributed by atoms with Gasteiger partial charge in [-0.05, 0) is 11.6 Å². The van der Waals surface area contributed by atoms with Crippen LogP contribution in [0.5, 0.6) is 0 Å². The van der Waals surface area contributed by atoms with Crippen molar-refractivity contribution in [3.63, 3.8) is 0 Å². The van der Waals surface area contributed by atoms with Crippen LogP contribution >= 0.6 is 0 Å². The van der Waals surface area contributed by atoms with Gasteiger partial charge in [-0.3, -0.25) is 4.79 Å². The van der Waals surface area contributed by atoms with Gasteiger partial charge in [0.25, 0.3) is 0 Å². The number of ketones is 1. The van der Waals surface area contributed by atoms with Crippen molar-refractivity contribution in [1.82, 2.24) is 0 Å². The van der Waals surface area contributed by atoms with Crippen molar-refractivity contribution in [1.29, 1.82) is 0 Å². The van der Waals surface area contributed by atoms with Gasteiger partial charge in [0, 0.05) is 25.6 Å². The van der Waals surface area contributed by atoms with E-state index in [0.29, 0.717) is 12.2 Å². The van der Waals surface area contributed by atoms with Crippen LogP contribution in [0.1, 0.15) is 18.9 Å². The van der Waals surface area contributed by atoms with E-state index in [9.17, 15) is 4.79 Å². The maximum atomic E-state index is 11.7. The van der Waals surface area contributed by atoms with Crippen molar-refractivity contribution < 1.29 is 4.79 Å². The van der Waals surface area contributed by atoms with Gasteiger partial charge in [0.05, 0.1) is 6.04 Å². The summed E-state index contributed by atoms with van der Waals surface area (Å²) in [6, 6.07) is 8.31. The molecule has 0 spiro atoms. The lowest BCUT2D eigenvalue weighted by molar-refractivity contribution is -0.119. The van der Waals surface area contributed by atoms with Crippen molar-refractivity contribution in [2.75, 3.05) is 11.9 Å². The SMILES string of the molecule is CCC(=O)C1Cc2ccccc2N1C. The van der Waals surface area contributed by atoms with E-state index in [1.807, 2.05) is 26.1 Å². The Morgan fingerprint density at radius 2 is 2.21 bits per heavy atom. The highest BCUT2D eigenvalue weighted by atomic mass is 16.1. The van der Waals surface area contributed by atoms with Crippen molar-refractivity contribution in [2.45, 2.75) is 25.8 Å². The van der Waals surface area contributed by atoms with Crippen molar-refractivity contribution in [2.24, 2.45) is 0 Å². The summed E-state index contributed by atoms with van der Waals surface area (Å²) >= 11 is 0. The van der Waals surface area contributed by atoms with E-state index in [1.165, 1.54) is 11.3 Å². The quantitative estimate of drug-likeness (QED) is 0.709. The number of likely N-dealkylation sites (N-methyl/N-ethyl adjacent to an activating group) is 1. The summed E-state index contributed by atoms with van der Waals surface area (Å²) in [4.78, 5) is 13.7. The first-order valence-electron chi connectivity index (χ1n) is 5.07. The number of nitrogens with zero attached hydrogens (tertiary/aromatic N) is 1. The molecule has 1 aliphatic rings. The molecule has 0 saturated carbocycles. The summed E-state index contributed by atoms with van der Waals surface area (Å²) in [6.07, 6.45) is 1.50. The van der Waals surface area contributed by atoms with E-state index < -0.39 is 0 Å². The van der Waals surface area contributed by atoms with Gasteiger partial charge in [-0.25, -0.2) is 0 Å². The molecular weight excluding hydrogens is 174 g/mol. The maximum Gasteiger partial charge on any atom is 0.155 e. The molecule has 0 N–H and O–H groups in total. The summed E-state index contributed by atoms with van der Waals surface area (Å²) in [7, 11) is 2.00. The Bertz CT molecular complexity index is 359. The van der Waals surface area contributed by atoms with Crippen LogP contribution in [0.15, 0.2) is 24.3 Å².